The van der Waals surface area contributed by atoms with Crippen molar-refractivity contribution in [1.29, 1.82) is 0 Å². The number of alkyl halides is 3. The summed E-state index contributed by atoms with van der Waals surface area (Å²) < 4.78 is 37.8. The number of nitrogens with zero attached hydrogens (tertiary/aromatic N) is 3. The fraction of sp³-hybridized carbons (Fsp3) is 0.167. The van der Waals surface area contributed by atoms with E-state index in [9.17, 15) is 13.2 Å². The highest BCUT2D eigenvalue weighted by molar-refractivity contribution is 7.99. The van der Waals surface area contributed by atoms with Crippen LogP contribution in [0.1, 0.15) is 11.4 Å². The van der Waals surface area contributed by atoms with Crippen LogP contribution in [0.5, 0.6) is 0 Å². The van der Waals surface area contributed by atoms with Crippen molar-refractivity contribution in [3.05, 3.63) is 47.8 Å². The number of nitrogen functional groups attached to an aromatic ring is 1. The molecule has 106 valence electrons. The van der Waals surface area contributed by atoms with Crippen LogP contribution in [0.2, 0.25) is 0 Å². The predicted octanol–water partition coefficient (Wildman–Crippen LogP) is 2.82. The van der Waals surface area contributed by atoms with Gasteiger partial charge in [-0.25, -0.2) is 4.68 Å². The molecule has 2 rings (SSSR count). The van der Waals surface area contributed by atoms with Gasteiger partial charge in [-0.1, -0.05) is 54.2 Å². The summed E-state index contributed by atoms with van der Waals surface area (Å²) in [7, 11) is 0. The first-order valence-electron chi connectivity index (χ1n) is 5.60. The van der Waals surface area contributed by atoms with Crippen molar-refractivity contribution in [1.82, 2.24) is 14.9 Å². The molecule has 0 bridgehead atoms. The van der Waals surface area contributed by atoms with Gasteiger partial charge in [0.25, 0.3) is 5.82 Å². The van der Waals surface area contributed by atoms with Gasteiger partial charge >= 0.3 is 6.18 Å². The summed E-state index contributed by atoms with van der Waals surface area (Å²) in [5.74, 6) is 4.55. The summed E-state index contributed by atoms with van der Waals surface area (Å²) in [5, 5.41) is 6.49. The lowest BCUT2D eigenvalue weighted by molar-refractivity contribution is -0.146. The molecule has 1 heterocycles. The first kappa shape index (κ1) is 14.4. The molecule has 0 aliphatic rings. The number of hydrogen-bond donors (Lipinski definition) is 1. The second-order valence-electron chi connectivity index (χ2n) is 3.80. The maximum Gasteiger partial charge on any atom is 0.453 e. The molecular weight excluding hydrogens is 289 g/mol. The molecule has 8 heteroatoms. The molecule has 0 amide bonds. The summed E-state index contributed by atoms with van der Waals surface area (Å²) in [6.07, 6.45) is -0.905. The van der Waals surface area contributed by atoms with Gasteiger partial charge in [0.05, 0.1) is 0 Å². The highest BCUT2D eigenvalue weighted by atomic mass is 32.2. The van der Waals surface area contributed by atoms with Gasteiger partial charge in [0, 0.05) is 5.75 Å². The third-order valence-corrected chi connectivity index (χ3v) is 3.23. The number of aromatic nitrogens is 3. The number of halogens is 3. The van der Waals surface area contributed by atoms with E-state index in [1.54, 1.807) is 0 Å². The average Bonchev–Trinajstić information content (AvgIpc) is 2.77. The van der Waals surface area contributed by atoms with Crippen molar-refractivity contribution in [2.75, 3.05) is 11.6 Å². The van der Waals surface area contributed by atoms with E-state index in [0.717, 1.165) is 17.3 Å². The molecule has 0 saturated carbocycles. The minimum absolute atomic E-state index is 0.0232. The van der Waals surface area contributed by atoms with Crippen molar-refractivity contribution < 1.29 is 13.2 Å². The SMILES string of the molecule is Nn1c(SC/C=C/c2ccccc2)nnc1C(F)(F)F. The van der Waals surface area contributed by atoms with Crippen molar-refractivity contribution in [2.24, 2.45) is 0 Å². The van der Waals surface area contributed by atoms with Crippen LogP contribution in [0.3, 0.4) is 0 Å². The summed E-state index contributed by atoms with van der Waals surface area (Å²) in [4.78, 5) is 0. The molecule has 2 aromatic rings. The van der Waals surface area contributed by atoms with Crippen LogP contribution in [0.15, 0.2) is 41.6 Å². The summed E-state index contributed by atoms with van der Waals surface area (Å²) >= 11 is 1.08. The van der Waals surface area contributed by atoms with Crippen LogP contribution in [0.25, 0.3) is 6.08 Å². The zero-order valence-corrected chi connectivity index (χ0v) is 11.0. The first-order chi connectivity index (χ1) is 9.48. The Balaban J connectivity index is 1.95. The second kappa shape index (κ2) is 6.00. The first-order valence-corrected chi connectivity index (χ1v) is 6.59. The number of benzene rings is 1. The van der Waals surface area contributed by atoms with E-state index in [1.165, 1.54) is 0 Å². The van der Waals surface area contributed by atoms with Gasteiger partial charge in [-0.3, -0.25) is 0 Å². The number of hydrogen-bond acceptors (Lipinski definition) is 4. The predicted molar refractivity (Wildman–Crippen MR) is 71.4 cm³/mol. The molecule has 20 heavy (non-hydrogen) atoms. The lowest BCUT2D eigenvalue weighted by atomic mass is 10.2. The van der Waals surface area contributed by atoms with Gasteiger partial charge in [0.1, 0.15) is 0 Å². The highest BCUT2D eigenvalue weighted by Gasteiger charge is 2.38. The van der Waals surface area contributed by atoms with Crippen molar-refractivity contribution in [3.8, 4) is 0 Å². The molecule has 1 aromatic carbocycles. The fourth-order valence-electron chi connectivity index (χ4n) is 1.44. The van der Waals surface area contributed by atoms with E-state index >= 15 is 0 Å². The topological polar surface area (TPSA) is 56.7 Å². The Morgan fingerprint density at radius 3 is 2.50 bits per heavy atom. The van der Waals surface area contributed by atoms with E-state index in [0.29, 0.717) is 10.4 Å². The van der Waals surface area contributed by atoms with E-state index < -0.39 is 12.0 Å². The molecule has 0 unspecified atom stereocenters. The lowest BCUT2D eigenvalue weighted by Gasteiger charge is -2.05. The fourth-order valence-corrected chi connectivity index (χ4v) is 2.11. The Morgan fingerprint density at radius 2 is 1.90 bits per heavy atom. The zero-order chi connectivity index (χ0) is 14.6. The smallest absolute Gasteiger partial charge is 0.335 e. The Bertz CT molecular complexity index is 592. The number of nitrogens with two attached hydrogens (primary N) is 1. The molecule has 0 radical (unpaired) electrons. The Morgan fingerprint density at radius 1 is 1.20 bits per heavy atom. The second-order valence-corrected chi connectivity index (χ2v) is 4.79. The minimum atomic E-state index is -4.60. The Hall–Kier alpha value is -1.96. The number of thioether (sulfide) groups is 1. The van der Waals surface area contributed by atoms with Crippen LogP contribution in [0, 0.1) is 0 Å². The molecule has 0 atom stereocenters. The summed E-state index contributed by atoms with van der Waals surface area (Å²) in [5.41, 5.74) is 1.01. The third kappa shape index (κ3) is 3.53. The van der Waals surface area contributed by atoms with Crippen molar-refractivity contribution in [3.63, 3.8) is 0 Å². The lowest BCUT2D eigenvalue weighted by Crippen LogP contribution is -2.21. The molecule has 0 saturated heterocycles. The monoisotopic (exact) mass is 300 g/mol. The van der Waals surface area contributed by atoms with Crippen LogP contribution >= 0.6 is 11.8 Å². The summed E-state index contributed by atoms with van der Waals surface area (Å²) in [6, 6.07) is 9.56. The Kier molecular flexibility index (Phi) is 4.33. The number of rotatable bonds is 4. The summed E-state index contributed by atoms with van der Waals surface area (Å²) in [6.45, 7) is 0. The normalized spacial score (nSPS) is 12.2. The molecular formula is C12H11F3N4S. The Labute approximate surface area is 117 Å². The largest absolute Gasteiger partial charge is 0.453 e. The van der Waals surface area contributed by atoms with Crippen LogP contribution in [-0.4, -0.2) is 20.6 Å². The van der Waals surface area contributed by atoms with Gasteiger partial charge in [0.2, 0.25) is 5.16 Å². The minimum Gasteiger partial charge on any atom is -0.335 e. The van der Waals surface area contributed by atoms with E-state index in [4.69, 9.17) is 5.84 Å². The molecule has 4 nitrogen and oxygen atoms in total. The van der Waals surface area contributed by atoms with Gasteiger partial charge in [-0.05, 0) is 5.56 Å². The molecule has 0 aliphatic carbocycles. The van der Waals surface area contributed by atoms with Crippen LogP contribution < -0.4 is 5.84 Å². The molecule has 1 aromatic heterocycles. The maximum atomic E-state index is 12.4. The van der Waals surface area contributed by atoms with Crippen molar-refractivity contribution >= 4 is 17.8 Å². The molecule has 2 N–H and O–H groups in total. The van der Waals surface area contributed by atoms with Gasteiger partial charge in [-0.15, -0.1) is 10.2 Å². The van der Waals surface area contributed by atoms with Crippen molar-refractivity contribution in [2.45, 2.75) is 11.3 Å². The van der Waals surface area contributed by atoms with Gasteiger partial charge in [0.15, 0.2) is 0 Å². The quantitative estimate of drug-likeness (QED) is 0.697. The third-order valence-electron chi connectivity index (χ3n) is 2.34. The van der Waals surface area contributed by atoms with Crippen LogP contribution in [0.4, 0.5) is 13.2 Å². The van der Waals surface area contributed by atoms with E-state index in [2.05, 4.69) is 10.2 Å². The van der Waals surface area contributed by atoms with Gasteiger partial charge in [-0.2, -0.15) is 13.2 Å². The van der Waals surface area contributed by atoms with Crippen LogP contribution in [-0.2, 0) is 6.18 Å². The molecule has 0 spiro atoms. The van der Waals surface area contributed by atoms with E-state index in [1.807, 2.05) is 42.5 Å². The molecule has 0 fully saturated rings. The zero-order valence-electron chi connectivity index (χ0n) is 10.2. The average molecular weight is 300 g/mol. The van der Waals surface area contributed by atoms with E-state index in [-0.39, 0.29) is 5.16 Å². The highest BCUT2D eigenvalue weighted by Crippen LogP contribution is 2.28. The van der Waals surface area contributed by atoms with Gasteiger partial charge < -0.3 is 5.84 Å². The maximum absolute atomic E-state index is 12.4. The molecule has 0 aliphatic heterocycles. The standard InChI is InChI=1S/C12H11F3N4S/c13-12(14,15)10-17-18-11(19(10)16)20-8-4-7-9-5-2-1-3-6-9/h1-7H,8,16H2/b7-4+.